The Bertz CT molecular complexity index is 1720. The Kier molecular flexibility index (Phi) is 9.71. The normalized spacial score (nSPS) is 17.5. The molecule has 2 amide bonds. The number of pyridine rings is 1. The zero-order valence-electron chi connectivity index (χ0n) is 25.2. The number of carbonyl (C=O) groups is 2. The molecule has 8 nitrogen and oxygen atoms in total. The highest BCUT2D eigenvalue weighted by Crippen LogP contribution is 2.38. The average Bonchev–Trinajstić information content (AvgIpc) is 2.94. The van der Waals surface area contributed by atoms with Crippen LogP contribution in [-0.4, -0.2) is 78.6 Å². The summed E-state index contributed by atoms with van der Waals surface area (Å²) < 4.78 is 125. The van der Waals surface area contributed by atoms with E-state index in [9.17, 15) is 40.7 Å². The summed E-state index contributed by atoms with van der Waals surface area (Å²) in [6.45, 7) is 2.48. The van der Waals surface area contributed by atoms with Crippen molar-refractivity contribution in [2.75, 3.05) is 43.9 Å². The van der Waals surface area contributed by atoms with E-state index in [1.807, 2.05) is 30.8 Å². The lowest BCUT2D eigenvalue weighted by Crippen LogP contribution is -2.55. The minimum atomic E-state index is -5.11. The number of alkyl halides is 6. The first-order valence-electron chi connectivity index (χ1n) is 13.9. The van der Waals surface area contributed by atoms with Crippen LogP contribution in [0.25, 0.3) is 11.1 Å². The van der Waals surface area contributed by atoms with E-state index in [1.165, 1.54) is 0 Å². The van der Waals surface area contributed by atoms with Crippen molar-refractivity contribution in [1.29, 1.82) is 0 Å². The van der Waals surface area contributed by atoms with Gasteiger partial charge < -0.3 is 20.1 Å². The van der Waals surface area contributed by atoms with Crippen LogP contribution < -0.4 is 15.8 Å². The average molecular weight is 678 g/mol. The number of nitrogens with one attached hydrogen (secondary N) is 2. The van der Waals surface area contributed by atoms with Gasteiger partial charge in [0.25, 0.3) is 11.8 Å². The lowest BCUT2D eigenvalue weighted by molar-refractivity contribution is -0.139. The summed E-state index contributed by atoms with van der Waals surface area (Å²) in [4.78, 5) is 43.0. The monoisotopic (exact) mass is 677 g/mol. The molecule has 2 aromatic carbocycles. The van der Waals surface area contributed by atoms with Crippen molar-refractivity contribution in [3.05, 3.63) is 81.0 Å². The highest BCUT2D eigenvalue weighted by Gasteiger charge is 2.37. The van der Waals surface area contributed by atoms with Gasteiger partial charge in [0.05, 0.1) is 22.5 Å². The van der Waals surface area contributed by atoms with Gasteiger partial charge in [-0.2, -0.15) is 26.3 Å². The quantitative estimate of drug-likeness (QED) is 0.318. The zero-order chi connectivity index (χ0) is 35.2. The van der Waals surface area contributed by atoms with Crippen molar-refractivity contribution in [3.63, 3.8) is 0 Å². The van der Waals surface area contributed by atoms with Gasteiger partial charge in [-0.05, 0) is 50.7 Å². The van der Waals surface area contributed by atoms with E-state index < -0.39 is 81.5 Å². The predicted molar refractivity (Wildman–Crippen MR) is 154 cm³/mol. The molecule has 0 bridgehead atoms. The van der Waals surface area contributed by atoms with Gasteiger partial charge in [0.2, 0.25) is 5.56 Å². The van der Waals surface area contributed by atoms with E-state index >= 15 is 13.2 Å². The summed E-state index contributed by atoms with van der Waals surface area (Å²) in [6, 6.07) is 2.83. The highest BCUT2D eigenvalue weighted by molar-refractivity contribution is 6.07. The molecular weight excluding hydrogens is 649 g/mol. The lowest BCUT2D eigenvalue weighted by atomic mass is 9.99. The van der Waals surface area contributed by atoms with Crippen molar-refractivity contribution in [2.45, 2.75) is 38.3 Å². The Morgan fingerprint density at radius 3 is 2.04 bits per heavy atom. The van der Waals surface area contributed by atoms with Crippen LogP contribution in [0.15, 0.2) is 41.3 Å². The molecule has 17 heteroatoms. The Morgan fingerprint density at radius 1 is 0.936 bits per heavy atom. The number of halogens is 9. The molecule has 0 saturated carbocycles. The second-order valence-corrected chi connectivity index (χ2v) is 11.3. The summed E-state index contributed by atoms with van der Waals surface area (Å²) in [5.74, 6) is -7.29. The fourth-order valence-corrected chi connectivity index (χ4v) is 5.29. The molecule has 2 N–H and O–H groups in total. The Hall–Kier alpha value is -4.54. The summed E-state index contributed by atoms with van der Waals surface area (Å²) in [7, 11) is 2.54. The number of aromatic amines is 1. The highest BCUT2D eigenvalue weighted by atomic mass is 19.4. The zero-order valence-corrected chi connectivity index (χ0v) is 25.2. The smallest absolute Gasteiger partial charge is 0.367 e. The second-order valence-electron chi connectivity index (χ2n) is 11.3. The molecule has 47 heavy (non-hydrogen) atoms. The molecule has 3 aromatic rings. The number of anilines is 2. The van der Waals surface area contributed by atoms with Crippen LogP contribution in [-0.2, 0) is 6.18 Å². The third-order valence-electron chi connectivity index (χ3n) is 7.84. The molecule has 0 unspecified atom stereocenters. The van der Waals surface area contributed by atoms with E-state index in [1.54, 1.807) is 4.90 Å². The van der Waals surface area contributed by atoms with Crippen LogP contribution in [0.5, 0.6) is 0 Å². The standard InChI is InChI=1S/C30H28F9N5O3/c1-14-11-44(12-15(2)43(14)4)24-9-20(31)17(7-23(24)41-27(46)18-10-40-25(45)8-19(18)30(37,38)39)16-5-21(32)26(22(33)6-16)28(47)42(3)13-29(34,35)36/h5-10,14-15H,11-13H2,1-4H3,(H,40,45)(H,41,46)/t14-,15+. The van der Waals surface area contributed by atoms with Gasteiger partial charge in [0.1, 0.15) is 29.6 Å². The molecule has 1 saturated heterocycles. The maximum atomic E-state index is 15.7. The topological polar surface area (TPSA) is 88.7 Å². The third-order valence-corrected chi connectivity index (χ3v) is 7.84. The number of nitrogens with zero attached hydrogens (tertiary/aromatic N) is 3. The van der Waals surface area contributed by atoms with E-state index in [0.29, 0.717) is 25.4 Å². The summed E-state index contributed by atoms with van der Waals surface area (Å²) in [5.41, 5.74) is -6.32. The molecular formula is C30H28F9N5O3. The van der Waals surface area contributed by atoms with Gasteiger partial charge in [-0.1, -0.05) is 0 Å². The summed E-state index contributed by atoms with van der Waals surface area (Å²) >= 11 is 0. The number of aromatic nitrogens is 1. The van der Waals surface area contributed by atoms with E-state index in [-0.39, 0.29) is 47.5 Å². The molecule has 254 valence electrons. The number of carbonyl (C=O) groups excluding carboxylic acids is 2. The fourth-order valence-electron chi connectivity index (χ4n) is 5.29. The molecule has 1 aromatic heterocycles. The van der Waals surface area contributed by atoms with Crippen molar-refractivity contribution >= 4 is 23.2 Å². The maximum absolute atomic E-state index is 15.7. The largest absolute Gasteiger partial charge is 0.417 e. The van der Waals surface area contributed by atoms with Gasteiger partial charge in [-0.15, -0.1) is 0 Å². The van der Waals surface area contributed by atoms with E-state index in [4.69, 9.17) is 0 Å². The number of hydrogen-bond donors (Lipinski definition) is 2. The molecule has 2 atom stereocenters. The molecule has 1 aliphatic heterocycles. The predicted octanol–water partition coefficient (Wildman–Crippen LogP) is 5.89. The van der Waals surface area contributed by atoms with Gasteiger partial charge in [0.15, 0.2) is 0 Å². The Labute approximate surface area is 261 Å². The number of piperazine rings is 1. The number of H-pyrrole nitrogens is 1. The number of hydrogen-bond acceptors (Lipinski definition) is 5. The van der Waals surface area contributed by atoms with Gasteiger partial charge in [0, 0.05) is 50.0 Å². The minimum absolute atomic E-state index is 0.0194. The second kappa shape index (κ2) is 12.9. The van der Waals surface area contributed by atoms with Crippen LogP contribution in [0.3, 0.4) is 0 Å². The fraction of sp³-hybridized carbons (Fsp3) is 0.367. The summed E-state index contributed by atoms with van der Waals surface area (Å²) in [6.07, 6.45) is -9.42. The van der Waals surface area contributed by atoms with Crippen molar-refractivity contribution in [3.8, 4) is 11.1 Å². The lowest BCUT2D eigenvalue weighted by Gasteiger charge is -2.44. The van der Waals surface area contributed by atoms with Crippen LogP contribution in [0, 0.1) is 17.5 Å². The molecule has 1 fully saturated rings. The Morgan fingerprint density at radius 2 is 1.51 bits per heavy atom. The number of likely N-dealkylation sites (N-methyl/N-ethyl adjacent to an activating group) is 1. The van der Waals surface area contributed by atoms with Crippen LogP contribution in [0.1, 0.15) is 40.1 Å². The molecule has 1 aliphatic rings. The minimum Gasteiger partial charge on any atom is -0.367 e. The SMILES string of the molecule is C[C@@H]1CN(c2cc(F)c(-c3cc(F)c(C(=O)N(C)CC(F)(F)F)c(F)c3)cc2NC(=O)c2c[nH]c(=O)cc2C(F)(F)F)C[C@H](C)N1C. The molecule has 2 heterocycles. The maximum Gasteiger partial charge on any atom is 0.417 e. The first-order valence-corrected chi connectivity index (χ1v) is 13.9. The number of rotatable bonds is 6. The van der Waals surface area contributed by atoms with Crippen molar-refractivity contribution in [2.24, 2.45) is 0 Å². The van der Waals surface area contributed by atoms with Crippen molar-refractivity contribution in [1.82, 2.24) is 14.8 Å². The van der Waals surface area contributed by atoms with Crippen LogP contribution in [0.2, 0.25) is 0 Å². The molecule has 0 radical (unpaired) electrons. The first kappa shape index (κ1) is 35.3. The third kappa shape index (κ3) is 7.72. The number of amides is 2. The Balaban J connectivity index is 1.83. The molecule has 0 spiro atoms. The van der Waals surface area contributed by atoms with Gasteiger partial charge in [-0.25, -0.2) is 13.2 Å². The van der Waals surface area contributed by atoms with Gasteiger partial charge in [-0.3, -0.25) is 19.3 Å². The number of benzene rings is 2. The van der Waals surface area contributed by atoms with Crippen molar-refractivity contribution < 1.29 is 49.1 Å². The van der Waals surface area contributed by atoms with E-state index in [0.717, 1.165) is 12.1 Å². The van der Waals surface area contributed by atoms with Gasteiger partial charge >= 0.3 is 12.4 Å². The summed E-state index contributed by atoms with van der Waals surface area (Å²) in [5, 5.41) is 2.29. The van der Waals surface area contributed by atoms with E-state index in [2.05, 4.69) is 5.32 Å². The molecule has 4 rings (SSSR count). The van der Waals surface area contributed by atoms with Crippen LogP contribution >= 0.6 is 0 Å². The molecule has 0 aliphatic carbocycles. The van der Waals surface area contributed by atoms with Crippen LogP contribution in [0.4, 0.5) is 50.9 Å². The first-order chi connectivity index (χ1) is 21.7.